The maximum absolute atomic E-state index is 12.7. The van der Waals surface area contributed by atoms with Crippen LogP contribution in [0, 0.1) is 6.92 Å². The van der Waals surface area contributed by atoms with Crippen molar-refractivity contribution in [3.8, 4) is 11.4 Å². The third-order valence-electron chi connectivity index (χ3n) is 5.53. The van der Waals surface area contributed by atoms with Crippen molar-refractivity contribution < 1.29 is 14.3 Å². The minimum absolute atomic E-state index is 0.0142. The Morgan fingerprint density at radius 1 is 1.27 bits per heavy atom. The van der Waals surface area contributed by atoms with Crippen molar-refractivity contribution in [2.24, 2.45) is 0 Å². The topological polar surface area (TPSA) is 82.4 Å². The zero-order chi connectivity index (χ0) is 21.5. The van der Waals surface area contributed by atoms with Crippen LogP contribution in [0.5, 0.6) is 0 Å². The number of carbonyl (C=O) groups is 1. The molecule has 1 saturated heterocycles. The molecule has 0 N–H and O–H groups in total. The summed E-state index contributed by atoms with van der Waals surface area (Å²) >= 11 is 0. The maximum atomic E-state index is 12.7. The van der Waals surface area contributed by atoms with Gasteiger partial charge in [0.15, 0.2) is 6.23 Å². The van der Waals surface area contributed by atoms with E-state index in [9.17, 15) is 4.79 Å². The first kappa shape index (κ1) is 20.8. The van der Waals surface area contributed by atoms with Crippen LogP contribution in [-0.2, 0) is 22.4 Å². The maximum Gasteiger partial charge on any atom is 0.410 e. The fourth-order valence-electron chi connectivity index (χ4n) is 4.15. The Bertz CT molecular complexity index is 927. The van der Waals surface area contributed by atoms with Gasteiger partial charge in [0.1, 0.15) is 11.4 Å². The van der Waals surface area contributed by atoms with Crippen molar-refractivity contribution in [2.75, 3.05) is 6.61 Å². The number of amides is 1. The largest absolute Gasteiger partial charge is 0.444 e. The van der Waals surface area contributed by atoms with Crippen LogP contribution in [0.3, 0.4) is 0 Å². The Kier molecular flexibility index (Phi) is 5.53. The van der Waals surface area contributed by atoms with Gasteiger partial charge in [-0.2, -0.15) is 5.10 Å². The molecule has 0 aliphatic carbocycles. The summed E-state index contributed by atoms with van der Waals surface area (Å²) in [4.78, 5) is 23.9. The predicted molar refractivity (Wildman–Crippen MR) is 112 cm³/mol. The van der Waals surface area contributed by atoms with E-state index in [1.54, 1.807) is 11.1 Å². The molecular formula is C22H31N5O3. The van der Waals surface area contributed by atoms with Crippen molar-refractivity contribution in [3.05, 3.63) is 29.3 Å². The van der Waals surface area contributed by atoms with E-state index in [1.165, 1.54) is 0 Å². The van der Waals surface area contributed by atoms with Crippen LogP contribution in [0.4, 0.5) is 4.79 Å². The Balaban J connectivity index is 1.68. The summed E-state index contributed by atoms with van der Waals surface area (Å²) in [5.41, 5.74) is 3.25. The molecular weight excluding hydrogens is 382 g/mol. The van der Waals surface area contributed by atoms with Crippen LogP contribution >= 0.6 is 0 Å². The van der Waals surface area contributed by atoms with E-state index >= 15 is 0 Å². The molecule has 4 rings (SSSR count). The van der Waals surface area contributed by atoms with Crippen LogP contribution in [0.15, 0.2) is 12.3 Å². The number of aryl methyl sites for hydroxylation is 1. The number of hydrogen-bond acceptors (Lipinski definition) is 6. The highest BCUT2D eigenvalue weighted by atomic mass is 16.6. The van der Waals surface area contributed by atoms with Gasteiger partial charge in [-0.25, -0.2) is 19.4 Å². The molecule has 0 spiro atoms. The Morgan fingerprint density at radius 3 is 2.77 bits per heavy atom. The molecule has 2 atom stereocenters. The minimum atomic E-state index is -0.531. The fourth-order valence-corrected chi connectivity index (χ4v) is 4.15. The summed E-state index contributed by atoms with van der Waals surface area (Å²) in [5, 5.41) is 4.54. The van der Waals surface area contributed by atoms with E-state index in [0.29, 0.717) is 18.8 Å². The average Bonchev–Trinajstić information content (AvgIpc) is 3.16. The average molecular weight is 414 g/mol. The molecule has 2 aromatic heterocycles. The lowest BCUT2D eigenvalue weighted by Crippen LogP contribution is -2.45. The second-order valence-corrected chi connectivity index (χ2v) is 9.19. The predicted octanol–water partition coefficient (Wildman–Crippen LogP) is 4.03. The van der Waals surface area contributed by atoms with Gasteiger partial charge in [-0.05, 0) is 66.4 Å². The molecule has 30 heavy (non-hydrogen) atoms. The second kappa shape index (κ2) is 7.98. The third kappa shape index (κ3) is 4.19. The number of carbonyl (C=O) groups excluding carboxylic acids is 1. The van der Waals surface area contributed by atoms with E-state index in [2.05, 4.69) is 10.1 Å². The standard InChI is InChI=1S/C22H31N5O3/c1-14-12-16-17(13-26(14)21(28)30-22(3,4)5)24-15(2)25-20(16)18-9-10-23-27(18)19-8-6-7-11-29-19/h9-10,14,19H,6-8,11-13H2,1-5H3. The van der Waals surface area contributed by atoms with Crippen molar-refractivity contribution in [3.63, 3.8) is 0 Å². The van der Waals surface area contributed by atoms with Crippen molar-refractivity contribution in [1.29, 1.82) is 0 Å². The molecule has 0 saturated carbocycles. The summed E-state index contributed by atoms with van der Waals surface area (Å²) < 4.78 is 13.5. The molecule has 1 fully saturated rings. The quantitative estimate of drug-likeness (QED) is 0.739. The van der Waals surface area contributed by atoms with E-state index in [1.807, 2.05) is 45.4 Å². The summed E-state index contributed by atoms with van der Waals surface area (Å²) in [6.45, 7) is 10.7. The van der Waals surface area contributed by atoms with E-state index in [-0.39, 0.29) is 18.4 Å². The zero-order valence-electron chi connectivity index (χ0n) is 18.5. The van der Waals surface area contributed by atoms with Gasteiger partial charge in [-0.1, -0.05) is 0 Å². The molecule has 2 aliphatic heterocycles. The first-order chi connectivity index (χ1) is 14.2. The highest BCUT2D eigenvalue weighted by Crippen LogP contribution is 2.33. The van der Waals surface area contributed by atoms with Gasteiger partial charge < -0.3 is 9.47 Å². The van der Waals surface area contributed by atoms with E-state index in [0.717, 1.165) is 48.5 Å². The molecule has 0 aromatic carbocycles. The number of hydrogen-bond donors (Lipinski definition) is 0. The lowest BCUT2D eigenvalue weighted by molar-refractivity contribution is -0.0384. The lowest BCUT2D eigenvalue weighted by atomic mass is 9.96. The summed E-state index contributed by atoms with van der Waals surface area (Å²) in [6.07, 6.45) is 5.27. The van der Waals surface area contributed by atoms with Crippen molar-refractivity contribution in [1.82, 2.24) is 24.6 Å². The van der Waals surface area contributed by atoms with Crippen LogP contribution in [0.25, 0.3) is 11.4 Å². The van der Waals surface area contributed by atoms with Crippen LogP contribution in [0.1, 0.15) is 70.3 Å². The molecule has 8 nitrogen and oxygen atoms in total. The minimum Gasteiger partial charge on any atom is -0.444 e. The van der Waals surface area contributed by atoms with E-state index in [4.69, 9.17) is 14.5 Å². The molecule has 2 aliphatic rings. The van der Waals surface area contributed by atoms with Gasteiger partial charge in [0.2, 0.25) is 0 Å². The molecule has 162 valence electrons. The number of rotatable bonds is 2. The van der Waals surface area contributed by atoms with Gasteiger partial charge >= 0.3 is 6.09 Å². The highest BCUT2D eigenvalue weighted by molar-refractivity contribution is 5.70. The van der Waals surface area contributed by atoms with Gasteiger partial charge in [-0.15, -0.1) is 0 Å². The van der Waals surface area contributed by atoms with Gasteiger partial charge in [0.25, 0.3) is 0 Å². The summed E-state index contributed by atoms with van der Waals surface area (Å²) in [5.74, 6) is 0.680. The van der Waals surface area contributed by atoms with Crippen LogP contribution in [-0.4, -0.2) is 49.0 Å². The lowest BCUT2D eigenvalue weighted by Gasteiger charge is -2.36. The molecule has 2 unspecified atom stereocenters. The van der Waals surface area contributed by atoms with Crippen molar-refractivity contribution in [2.45, 2.75) is 84.7 Å². The van der Waals surface area contributed by atoms with E-state index < -0.39 is 5.60 Å². The molecule has 2 aromatic rings. The molecule has 1 amide bonds. The second-order valence-electron chi connectivity index (χ2n) is 9.19. The number of ether oxygens (including phenoxy) is 2. The monoisotopic (exact) mass is 413 g/mol. The summed E-state index contributed by atoms with van der Waals surface area (Å²) in [6, 6.07) is 1.98. The first-order valence-electron chi connectivity index (χ1n) is 10.7. The molecule has 8 heteroatoms. The van der Waals surface area contributed by atoms with Crippen molar-refractivity contribution >= 4 is 6.09 Å². The smallest absolute Gasteiger partial charge is 0.410 e. The van der Waals surface area contributed by atoms with Crippen LogP contribution < -0.4 is 0 Å². The molecule has 0 bridgehead atoms. The number of fused-ring (bicyclic) bond motifs is 1. The third-order valence-corrected chi connectivity index (χ3v) is 5.53. The first-order valence-corrected chi connectivity index (χ1v) is 10.7. The summed E-state index contributed by atoms with van der Waals surface area (Å²) in [7, 11) is 0. The Labute approximate surface area is 177 Å². The normalized spacial score (nSPS) is 22.0. The number of aromatic nitrogens is 4. The SMILES string of the molecule is Cc1nc2c(c(-c3ccnn3C3CCCCO3)n1)CC(C)N(C(=O)OC(C)(C)C)C2. The number of nitrogens with zero attached hydrogens (tertiary/aromatic N) is 5. The van der Waals surface area contributed by atoms with Crippen LogP contribution in [0.2, 0.25) is 0 Å². The Morgan fingerprint density at radius 2 is 2.07 bits per heavy atom. The van der Waals surface area contributed by atoms with Gasteiger partial charge in [0.05, 0.1) is 23.6 Å². The fraction of sp³-hybridized carbons (Fsp3) is 0.636. The molecule has 0 radical (unpaired) electrons. The highest BCUT2D eigenvalue weighted by Gasteiger charge is 2.34. The molecule has 4 heterocycles. The Hall–Kier alpha value is -2.48. The zero-order valence-corrected chi connectivity index (χ0v) is 18.5. The van der Waals surface area contributed by atoms with Gasteiger partial charge in [-0.3, -0.25) is 4.90 Å². The van der Waals surface area contributed by atoms with Gasteiger partial charge in [0, 0.05) is 24.4 Å².